The van der Waals surface area contributed by atoms with Gasteiger partial charge in [0.25, 0.3) is 0 Å². The van der Waals surface area contributed by atoms with E-state index in [1.54, 1.807) is 0 Å². The maximum absolute atomic E-state index is 3.86. The molecule has 2 fully saturated rings. The second-order valence-electron chi connectivity index (χ2n) is 6.65. The molecule has 0 spiro atoms. The predicted octanol–water partition coefficient (Wildman–Crippen LogP) is 4.52. The molecule has 0 aromatic heterocycles. The number of nitrogens with one attached hydrogen (secondary N) is 1. The number of hydrogen-bond acceptors (Lipinski definition) is 1. The molecule has 0 aromatic rings. The van der Waals surface area contributed by atoms with Crippen molar-refractivity contribution >= 4 is 0 Å². The van der Waals surface area contributed by atoms with E-state index in [1.165, 1.54) is 64.2 Å². The van der Waals surface area contributed by atoms with Crippen molar-refractivity contribution in [2.45, 2.75) is 84.1 Å². The van der Waals surface area contributed by atoms with Crippen LogP contribution in [-0.4, -0.2) is 12.6 Å². The zero-order valence-corrected chi connectivity index (χ0v) is 11.9. The summed E-state index contributed by atoms with van der Waals surface area (Å²) in [5.74, 6) is 0.959. The minimum Gasteiger partial charge on any atom is -0.313 e. The zero-order chi connectivity index (χ0) is 12.1. The average Bonchev–Trinajstić information content (AvgIpc) is 2.62. The lowest BCUT2D eigenvalue weighted by Crippen LogP contribution is -2.47. The van der Waals surface area contributed by atoms with E-state index < -0.39 is 0 Å². The predicted molar refractivity (Wildman–Crippen MR) is 75.2 cm³/mol. The van der Waals surface area contributed by atoms with Gasteiger partial charge in [0.2, 0.25) is 0 Å². The Labute approximate surface area is 108 Å². The normalized spacial score (nSPS) is 27.9. The minimum absolute atomic E-state index is 0.602. The van der Waals surface area contributed by atoms with E-state index in [1.807, 2.05) is 0 Å². The quantitative estimate of drug-likeness (QED) is 0.709. The first-order valence-electron chi connectivity index (χ1n) is 7.99. The Hall–Kier alpha value is -0.0400. The Morgan fingerprint density at radius 1 is 1.00 bits per heavy atom. The summed E-state index contributed by atoms with van der Waals surface area (Å²) in [6, 6.07) is 0.799. The average molecular weight is 237 g/mol. The van der Waals surface area contributed by atoms with Gasteiger partial charge in [0, 0.05) is 6.04 Å². The summed E-state index contributed by atoms with van der Waals surface area (Å²) in [4.78, 5) is 0. The van der Waals surface area contributed by atoms with Crippen molar-refractivity contribution in [3.05, 3.63) is 0 Å². The Kier molecular flexibility index (Phi) is 4.90. The molecule has 2 rings (SSSR count). The van der Waals surface area contributed by atoms with E-state index in [0.717, 1.165) is 18.5 Å². The minimum atomic E-state index is 0.602. The van der Waals surface area contributed by atoms with Crippen LogP contribution in [0.4, 0.5) is 0 Å². The molecule has 0 aromatic carbocycles. The Balaban J connectivity index is 2.03. The van der Waals surface area contributed by atoms with Crippen molar-refractivity contribution in [3.8, 4) is 0 Å². The first kappa shape index (κ1) is 13.4. The fraction of sp³-hybridized carbons (Fsp3) is 1.00. The summed E-state index contributed by atoms with van der Waals surface area (Å²) in [6.07, 6.45) is 14.7. The van der Waals surface area contributed by atoms with Gasteiger partial charge in [0.1, 0.15) is 0 Å². The summed E-state index contributed by atoms with van der Waals surface area (Å²) in [6.45, 7) is 5.98. The van der Waals surface area contributed by atoms with Gasteiger partial charge in [-0.25, -0.2) is 0 Å². The Morgan fingerprint density at radius 2 is 1.59 bits per heavy atom. The van der Waals surface area contributed by atoms with Crippen LogP contribution < -0.4 is 5.32 Å². The van der Waals surface area contributed by atoms with Gasteiger partial charge in [-0.05, 0) is 43.6 Å². The Morgan fingerprint density at radius 3 is 2.12 bits per heavy atom. The topological polar surface area (TPSA) is 12.0 Å². The maximum atomic E-state index is 3.86. The van der Waals surface area contributed by atoms with Gasteiger partial charge in [0.15, 0.2) is 0 Å². The van der Waals surface area contributed by atoms with Crippen LogP contribution >= 0.6 is 0 Å². The van der Waals surface area contributed by atoms with Crippen LogP contribution in [-0.2, 0) is 0 Å². The summed E-state index contributed by atoms with van der Waals surface area (Å²) in [7, 11) is 0. The highest BCUT2D eigenvalue weighted by atomic mass is 14.9. The lowest BCUT2D eigenvalue weighted by atomic mass is 9.72. The molecule has 0 aliphatic heterocycles. The van der Waals surface area contributed by atoms with E-state index >= 15 is 0 Å². The largest absolute Gasteiger partial charge is 0.313 e. The van der Waals surface area contributed by atoms with E-state index in [9.17, 15) is 0 Å². The molecule has 0 bridgehead atoms. The van der Waals surface area contributed by atoms with Gasteiger partial charge >= 0.3 is 0 Å². The van der Waals surface area contributed by atoms with Gasteiger partial charge in [-0.2, -0.15) is 0 Å². The second kappa shape index (κ2) is 6.22. The molecule has 2 saturated carbocycles. The summed E-state index contributed by atoms with van der Waals surface area (Å²) in [5, 5.41) is 3.86. The van der Waals surface area contributed by atoms with E-state index in [4.69, 9.17) is 0 Å². The van der Waals surface area contributed by atoms with E-state index in [2.05, 4.69) is 19.2 Å². The van der Waals surface area contributed by atoms with Gasteiger partial charge in [-0.1, -0.05) is 52.4 Å². The SMILES string of the molecule is CCNC(C1CCCCCC1)C1(C)CCCC1. The third-order valence-corrected chi connectivity index (χ3v) is 5.29. The summed E-state index contributed by atoms with van der Waals surface area (Å²) in [5.41, 5.74) is 0.602. The fourth-order valence-electron chi connectivity index (χ4n) is 4.34. The summed E-state index contributed by atoms with van der Waals surface area (Å²) >= 11 is 0. The molecular weight excluding hydrogens is 206 g/mol. The molecular formula is C16H31N. The number of hydrogen-bond donors (Lipinski definition) is 1. The van der Waals surface area contributed by atoms with Gasteiger partial charge in [0.05, 0.1) is 0 Å². The number of rotatable bonds is 4. The van der Waals surface area contributed by atoms with Gasteiger partial charge in [-0.15, -0.1) is 0 Å². The molecule has 2 aliphatic rings. The molecule has 2 aliphatic carbocycles. The van der Waals surface area contributed by atoms with Crippen molar-refractivity contribution in [1.82, 2.24) is 5.32 Å². The van der Waals surface area contributed by atoms with E-state index in [-0.39, 0.29) is 0 Å². The van der Waals surface area contributed by atoms with Crippen LogP contribution in [0.2, 0.25) is 0 Å². The molecule has 0 radical (unpaired) electrons. The lowest BCUT2D eigenvalue weighted by molar-refractivity contribution is 0.148. The molecule has 1 heteroatoms. The van der Waals surface area contributed by atoms with Gasteiger partial charge in [-0.3, -0.25) is 0 Å². The molecule has 1 atom stereocenters. The molecule has 0 heterocycles. The fourth-order valence-corrected chi connectivity index (χ4v) is 4.34. The molecule has 17 heavy (non-hydrogen) atoms. The summed E-state index contributed by atoms with van der Waals surface area (Å²) < 4.78 is 0. The van der Waals surface area contributed by atoms with Gasteiger partial charge < -0.3 is 5.32 Å². The molecule has 1 N–H and O–H groups in total. The van der Waals surface area contributed by atoms with Crippen molar-refractivity contribution in [2.75, 3.05) is 6.54 Å². The standard InChI is InChI=1S/C16H31N/c1-3-17-15(16(2)12-8-9-13-16)14-10-6-4-5-7-11-14/h14-15,17H,3-13H2,1-2H3. The molecule has 1 nitrogen and oxygen atoms in total. The first-order chi connectivity index (χ1) is 8.26. The lowest BCUT2D eigenvalue weighted by Gasteiger charge is -2.40. The third-order valence-electron chi connectivity index (χ3n) is 5.29. The molecule has 0 amide bonds. The van der Waals surface area contributed by atoms with Crippen molar-refractivity contribution in [2.24, 2.45) is 11.3 Å². The first-order valence-corrected chi connectivity index (χ1v) is 7.99. The smallest absolute Gasteiger partial charge is 0.0149 e. The van der Waals surface area contributed by atoms with Crippen molar-refractivity contribution < 1.29 is 0 Å². The zero-order valence-electron chi connectivity index (χ0n) is 11.9. The maximum Gasteiger partial charge on any atom is 0.0149 e. The van der Waals surface area contributed by atoms with Crippen LogP contribution in [0.5, 0.6) is 0 Å². The second-order valence-corrected chi connectivity index (χ2v) is 6.65. The highest BCUT2D eigenvalue weighted by Gasteiger charge is 2.40. The highest BCUT2D eigenvalue weighted by Crippen LogP contribution is 2.45. The van der Waals surface area contributed by atoms with Crippen LogP contribution in [0.15, 0.2) is 0 Å². The monoisotopic (exact) mass is 237 g/mol. The Bertz CT molecular complexity index is 210. The van der Waals surface area contributed by atoms with Crippen LogP contribution in [0.1, 0.15) is 78.1 Å². The molecule has 1 unspecified atom stereocenters. The van der Waals surface area contributed by atoms with Crippen LogP contribution in [0.25, 0.3) is 0 Å². The van der Waals surface area contributed by atoms with Crippen LogP contribution in [0, 0.1) is 11.3 Å². The van der Waals surface area contributed by atoms with E-state index in [0.29, 0.717) is 5.41 Å². The third kappa shape index (κ3) is 3.24. The molecule has 100 valence electrons. The highest BCUT2D eigenvalue weighted by molar-refractivity contribution is 4.95. The van der Waals surface area contributed by atoms with Crippen molar-refractivity contribution in [3.63, 3.8) is 0 Å². The molecule has 0 saturated heterocycles. The van der Waals surface area contributed by atoms with Crippen molar-refractivity contribution in [1.29, 1.82) is 0 Å². The van der Waals surface area contributed by atoms with Crippen LogP contribution in [0.3, 0.4) is 0 Å².